The van der Waals surface area contributed by atoms with Crippen molar-refractivity contribution in [2.75, 3.05) is 25.6 Å². The number of nitrogens with zero attached hydrogens (tertiary/aromatic N) is 1. The van der Waals surface area contributed by atoms with Gasteiger partial charge >= 0.3 is 0 Å². The average molecular weight is 377 g/mol. The van der Waals surface area contributed by atoms with Crippen molar-refractivity contribution in [3.63, 3.8) is 0 Å². The number of carbonyl (C=O) groups excluding carboxylic acids is 1. The van der Waals surface area contributed by atoms with Gasteiger partial charge in [-0.1, -0.05) is 30.3 Å². The second kappa shape index (κ2) is 10.1. The first-order chi connectivity index (χ1) is 13.8. The van der Waals surface area contributed by atoms with Gasteiger partial charge in [-0.3, -0.25) is 9.78 Å². The smallest absolute Gasteiger partial charge is 0.269 e. The van der Waals surface area contributed by atoms with E-state index in [9.17, 15) is 4.79 Å². The van der Waals surface area contributed by atoms with E-state index < -0.39 is 0 Å². The van der Waals surface area contributed by atoms with Gasteiger partial charge in [0, 0.05) is 32.1 Å². The van der Waals surface area contributed by atoms with Crippen LogP contribution in [0.5, 0.6) is 11.5 Å². The third-order valence-electron chi connectivity index (χ3n) is 3.94. The predicted molar refractivity (Wildman–Crippen MR) is 109 cm³/mol. The summed E-state index contributed by atoms with van der Waals surface area (Å²) in [6, 6.07) is 20.7. The Morgan fingerprint density at radius 1 is 1.04 bits per heavy atom. The van der Waals surface area contributed by atoms with E-state index in [0.29, 0.717) is 24.6 Å². The van der Waals surface area contributed by atoms with Crippen molar-refractivity contribution < 1.29 is 14.3 Å². The second-order valence-corrected chi connectivity index (χ2v) is 6.07. The topological polar surface area (TPSA) is 72.5 Å². The summed E-state index contributed by atoms with van der Waals surface area (Å²) in [5.41, 5.74) is 1.90. The van der Waals surface area contributed by atoms with E-state index in [1.807, 2.05) is 54.6 Å². The number of nitrogens with one attached hydrogen (secondary N) is 2. The molecule has 3 rings (SSSR count). The zero-order valence-electron chi connectivity index (χ0n) is 15.7. The van der Waals surface area contributed by atoms with Crippen molar-refractivity contribution >= 4 is 17.3 Å². The number of carbonyl (C=O) groups is 1. The molecule has 6 heteroatoms. The third kappa shape index (κ3) is 5.56. The van der Waals surface area contributed by atoms with E-state index in [1.54, 1.807) is 25.4 Å². The number of rotatable bonds is 9. The molecule has 0 saturated carbocycles. The largest absolute Gasteiger partial charge is 0.455 e. The summed E-state index contributed by atoms with van der Waals surface area (Å²) in [5, 5.41) is 6.13. The molecule has 0 radical (unpaired) electrons. The summed E-state index contributed by atoms with van der Waals surface area (Å²) in [4.78, 5) is 16.4. The molecule has 0 aliphatic heterocycles. The van der Waals surface area contributed by atoms with E-state index in [0.717, 1.165) is 23.5 Å². The van der Waals surface area contributed by atoms with Crippen LogP contribution in [-0.2, 0) is 4.74 Å². The van der Waals surface area contributed by atoms with Crippen LogP contribution in [0, 0.1) is 0 Å². The Morgan fingerprint density at radius 3 is 2.64 bits per heavy atom. The normalized spacial score (nSPS) is 10.3. The number of para-hydroxylation sites is 3. The molecule has 0 atom stereocenters. The SMILES string of the molecule is COCCCNC(=O)c1cc(Nc2ccccc2Oc2ccccc2)ccn1. The maximum Gasteiger partial charge on any atom is 0.269 e. The molecule has 0 fully saturated rings. The molecule has 1 aromatic heterocycles. The molecule has 0 spiro atoms. The first-order valence-electron chi connectivity index (χ1n) is 9.08. The molecular weight excluding hydrogens is 354 g/mol. The molecule has 2 aromatic carbocycles. The summed E-state index contributed by atoms with van der Waals surface area (Å²) in [7, 11) is 1.64. The number of anilines is 2. The highest BCUT2D eigenvalue weighted by Crippen LogP contribution is 2.31. The lowest BCUT2D eigenvalue weighted by molar-refractivity contribution is 0.0943. The van der Waals surface area contributed by atoms with Crippen LogP contribution in [0.2, 0.25) is 0 Å². The van der Waals surface area contributed by atoms with Crippen LogP contribution in [0.15, 0.2) is 72.9 Å². The van der Waals surface area contributed by atoms with Crippen molar-refractivity contribution in [3.05, 3.63) is 78.6 Å². The lowest BCUT2D eigenvalue weighted by Crippen LogP contribution is -2.26. The summed E-state index contributed by atoms with van der Waals surface area (Å²) in [5.74, 6) is 1.23. The molecular formula is C22H23N3O3. The molecule has 3 aromatic rings. The van der Waals surface area contributed by atoms with Crippen LogP contribution < -0.4 is 15.4 Å². The first kappa shape index (κ1) is 19.4. The first-order valence-corrected chi connectivity index (χ1v) is 9.08. The number of methoxy groups -OCH3 is 1. The van der Waals surface area contributed by atoms with E-state index in [-0.39, 0.29) is 5.91 Å². The van der Waals surface area contributed by atoms with Gasteiger partial charge in [-0.15, -0.1) is 0 Å². The number of ether oxygens (including phenoxy) is 2. The van der Waals surface area contributed by atoms with Gasteiger partial charge in [-0.2, -0.15) is 0 Å². The van der Waals surface area contributed by atoms with Crippen molar-refractivity contribution in [2.45, 2.75) is 6.42 Å². The Bertz CT molecular complexity index is 900. The summed E-state index contributed by atoms with van der Waals surface area (Å²) in [6.07, 6.45) is 2.36. The van der Waals surface area contributed by atoms with Crippen molar-refractivity contribution in [1.29, 1.82) is 0 Å². The standard InChI is InChI=1S/C22H23N3O3/c1-27-15-7-13-24-22(26)20-16-17(12-14-23-20)25-19-10-5-6-11-21(19)28-18-8-3-2-4-9-18/h2-6,8-12,14,16H,7,13,15H2,1H3,(H,23,25)(H,24,26). The van der Waals surface area contributed by atoms with Gasteiger partial charge in [-0.05, 0) is 42.8 Å². The van der Waals surface area contributed by atoms with E-state index in [2.05, 4.69) is 15.6 Å². The van der Waals surface area contributed by atoms with Crippen molar-refractivity contribution in [1.82, 2.24) is 10.3 Å². The number of hydrogen-bond donors (Lipinski definition) is 2. The number of hydrogen-bond acceptors (Lipinski definition) is 5. The Hall–Kier alpha value is -3.38. The van der Waals surface area contributed by atoms with Crippen molar-refractivity contribution in [3.8, 4) is 11.5 Å². The summed E-state index contributed by atoms with van der Waals surface area (Å²) in [6.45, 7) is 1.15. The Kier molecular flexibility index (Phi) is 6.98. The van der Waals surface area contributed by atoms with Crippen LogP contribution in [-0.4, -0.2) is 31.2 Å². The maximum atomic E-state index is 12.3. The molecule has 1 heterocycles. The molecule has 0 unspecified atom stereocenters. The summed E-state index contributed by atoms with van der Waals surface area (Å²) >= 11 is 0. The highest BCUT2D eigenvalue weighted by molar-refractivity contribution is 5.93. The second-order valence-electron chi connectivity index (χ2n) is 6.07. The van der Waals surface area contributed by atoms with Crippen LogP contribution in [0.25, 0.3) is 0 Å². The minimum absolute atomic E-state index is 0.214. The van der Waals surface area contributed by atoms with Gasteiger partial charge < -0.3 is 20.1 Å². The fourth-order valence-electron chi connectivity index (χ4n) is 2.57. The molecule has 28 heavy (non-hydrogen) atoms. The van der Waals surface area contributed by atoms with Gasteiger partial charge in [0.15, 0.2) is 5.75 Å². The van der Waals surface area contributed by atoms with Gasteiger partial charge in [0.05, 0.1) is 5.69 Å². The monoisotopic (exact) mass is 377 g/mol. The van der Waals surface area contributed by atoms with Crippen LogP contribution in [0.1, 0.15) is 16.9 Å². The lowest BCUT2D eigenvalue weighted by Gasteiger charge is -2.13. The number of aromatic nitrogens is 1. The molecule has 1 amide bonds. The molecule has 144 valence electrons. The summed E-state index contributed by atoms with van der Waals surface area (Å²) < 4.78 is 10.9. The van der Waals surface area contributed by atoms with Crippen LogP contribution >= 0.6 is 0 Å². The van der Waals surface area contributed by atoms with E-state index in [1.165, 1.54) is 0 Å². The van der Waals surface area contributed by atoms with Crippen molar-refractivity contribution in [2.24, 2.45) is 0 Å². The Morgan fingerprint density at radius 2 is 1.82 bits per heavy atom. The molecule has 0 bridgehead atoms. The predicted octanol–water partition coefficient (Wildman–Crippen LogP) is 4.38. The van der Waals surface area contributed by atoms with Gasteiger partial charge in [-0.25, -0.2) is 0 Å². The Balaban J connectivity index is 1.70. The molecule has 2 N–H and O–H groups in total. The van der Waals surface area contributed by atoms with Gasteiger partial charge in [0.2, 0.25) is 0 Å². The minimum Gasteiger partial charge on any atom is -0.455 e. The maximum absolute atomic E-state index is 12.3. The lowest BCUT2D eigenvalue weighted by atomic mass is 10.2. The average Bonchev–Trinajstić information content (AvgIpc) is 2.73. The fraction of sp³-hybridized carbons (Fsp3) is 0.182. The number of benzene rings is 2. The fourth-order valence-corrected chi connectivity index (χ4v) is 2.57. The van der Waals surface area contributed by atoms with Gasteiger partial charge in [0.25, 0.3) is 5.91 Å². The molecule has 0 saturated heterocycles. The molecule has 6 nitrogen and oxygen atoms in total. The highest BCUT2D eigenvalue weighted by atomic mass is 16.5. The molecule has 0 aliphatic rings. The quantitative estimate of drug-likeness (QED) is 0.541. The minimum atomic E-state index is -0.214. The van der Waals surface area contributed by atoms with Crippen LogP contribution in [0.3, 0.4) is 0 Å². The van der Waals surface area contributed by atoms with Crippen LogP contribution in [0.4, 0.5) is 11.4 Å². The Labute approximate surface area is 164 Å². The highest BCUT2D eigenvalue weighted by Gasteiger charge is 2.09. The molecule has 0 aliphatic carbocycles. The van der Waals surface area contributed by atoms with Gasteiger partial charge in [0.1, 0.15) is 11.4 Å². The third-order valence-corrected chi connectivity index (χ3v) is 3.94. The van der Waals surface area contributed by atoms with E-state index in [4.69, 9.17) is 9.47 Å². The number of pyridine rings is 1. The van der Waals surface area contributed by atoms with E-state index >= 15 is 0 Å². The zero-order valence-corrected chi connectivity index (χ0v) is 15.7. The number of amides is 1. The zero-order chi connectivity index (χ0) is 19.6.